The number of hydrogen-bond acceptors (Lipinski definition) is 5. The van der Waals surface area contributed by atoms with Crippen LogP contribution in [0.25, 0.3) is 0 Å². The lowest BCUT2D eigenvalue weighted by molar-refractivity contribution is -0.114. The molecule has 1 amide bonds. The highest BCUT2D eigenvalue weighted by Gasteiger charge is 2.26. The lowest BCUT2D eigenvalue weighted by atomic mass is 9.92. The number of nitrogens with zero attached hydrogens (tertiary/aromatic N) is 1. The molecule has 1 aliphatic rings. The van der Waals surface area contributed by atoms with Crippen LogP contribution in [0.5, 0.6) is 0 Å². The number of anilines is 2. The van der Waals surface area contributed by atoms with E-state index >= 15 is 0 Å². The molecule has 0 unspecified atom stereocenters. The minimum atomic E-state index is -4.01. The van der Waals surface area contributed by atoms with Gasteiger partial charge in [0.1, 0.15) is 0 Å². The smallest absolute Gasteiger partial charge is 0.282 e. The molecule has 3 aromatic carbocycles. The first-order chi connectivity index (χ1) is 16.6. The van der Waals surface area contributed by atoms with Gasteiger partial charge in [0.15, 0.2) is 0 Å². The van der Waals surface area contributed by atoms with E-state index in [4.69, 9.17) is 0 Å². The van der Waals surface area contributed by atoms with Crippen LogP contribution in [0.4, 0.5) is 11.4 Å². The fraction of sp³-hybridized carbons (Fsp3) is 0.148. The first kappa shape index (κ1) is 24.1. The summed E-state index contributed by atoms with van der Waals surface area (Å²) in [7, 11) is -4.01. The van der Waals surface area contributed by atoms with E-state index in [0.29, 0.717) is 22.5 Å². The number of nitrogens with one attached hydrogen (secondary N) is 2. The van der Waals surface area contributed by atoms with Gasteiger partial charge in [-0.25, -0.2) is 0 Å². The molecule has 7 nitrogen and oxygen atoms in total. The van der Waals surface area contributed by atoms with Gasteiger partial charge >= 0.3 is 0 Å². The van der Waals surface area contributed by atoms with Gasteiger partial charge in [-0.1, -0.05) is 50.2 Å². The number of carbonyl (C=O) groups is 2. The van der Waals surface area contributed by atoms with E-state index in [9.17, 15) is 18.0 Å². The van der Waals surface area contributed by atoms with Crippen molar-refractivity contribution in [2.24, 2.45) is 4.40 Å². The van der Waals surface area contributed by atoms with E-state index < -0.39 is 10.0 Å². The third kappa shape index (κ3) is 5.38. The number of fused-ring (bicyclic) bond motifs is 1. The molecule has 0 bridgehead atoms. The molecule has 0 aliphatic heterocycles. The summed E-state index contributed by atoms with van der Waals surface area (Å²) < 4.78 is 30.3. The predicted octanol–water partition coefficient (Wildman–Crippen LogP) is 5.14. The van der Waals surface area contributed by atoms with Crippen molar-refractivity contribution < 1.29 is 18.0 Å². The van der Waals surface area contributed by atoms with Crippen LogP contribution in [0.15, 0.2) is 93.9 Å². The molecule has 0 atom stereocenters. The molecule has 0 aromatic heterocycles. The molecule has 0 radical (unpaired) electrons. The minimum Gasteiger partial charge on any atom is -0.352 e. The molecule has 4 rings (SSSR count). The normalized spacial score (nSPS) is 14.5. The van der Waals surface area contributed by atoms with E-state index in [1.54, 1.807) is 72.8 Å². The molecule has 1 aliphatic carbocycles. The van der Waals surface area contributed by atoms with Crippen LogP contribution in [0.3, 0.4) is 0 Å². The molecule has 0 saturated carbocycles. The zero-order valence-electron chi connectivity index (χ0n) is 19.6. The quantitative estimate of drug-likeness (QED) is 0.501. The molecule has 178 valence electrons. The van der Waals surface area contributed by atoms with Gasteiger partial charge in [0.05, 0.1) is 16.3 Å². The average molecular weight is 488 g/mol. The molecular formula is C27H25N3O4S. The number of sulfonamides is 1. The van der Waals surface area contributed by atoms with Crippen molar-refractivity contribution in [1.29, 1.82) is 0 Å². The summed E-state index contributed by atoms with van der Waals surface area (Å²) in [5.74, 6) is -0.185. The molecule has 35 heavy (non-hydrogen) atoms. The largest absolute Gasteiger partial charge is 0.352 e. The van der Waals surface area contributed by atoms with Crippen LogP contribution in [0, 0.1) is 0 Å². The number of ketones is 1. The SMILES string of the molecule is CC(=O)Nc1ccc(NC2=C/C(=N/S(=O)(=O)c3ccc(C(C)C)cc3)c3ccccc3C2=O)cc1. The van der Waals surface area contributed by atoms with Crippen LogP contribution in [0.2, 0.25) is 0 Å². The average Bonchev–Trinajstić information content (AvgIpc) is 2.83. The molecule has 0 spiro atoms. The van der Waals surface area contributed by atoms with Crippen LogP contribution in [0.1, 0.15) is 48.2 Å². The van der Waals surface area contributed by atoms with Crippen molar-refractivity contribution in [3.8, 4) is 0 Å². The number of rotatable bonds is 6. The Balaban J connectivity index is 1.71. The third-order valence-electron chi connectivity index (χ3n) is 5.52. The van der Waals surface area contributed by atoms with Crippen LogP contribution >= 0.6 is 0 Å². The third-order valence-corrected chi connectivity index (χ3v) is 6.83. The van der Waals surface area contributed by atoms with E-state index in [1.807, 2.05) is 13.8 Å². The Morgan fingerprint density at radius 2 is 1.46 bits per heavy atom. The molecule has 8 heteroatoms. The number of carbonyl (C=O) groups excluding carboxylic acids is 2. The maximum Gasteiger partial charge on any atom is 0.282 e. The van der Waals surface area contributed by atoms with Gasteiger partial charge in [-0.05, 0) is 54.0 Å². The molecular weight excluding hydrogens is 462 g/mol. The monoisotopic (exact) mass is 487 g/mol. The van der Waals surface area contributed by atoms with Gasteiger partial charge in [0.2, 0.25) is 11.7 Å². The van der Waals surface area contributed by atoms with Gasteiger partial charge < -0.3 is 10.6 Å². The molecule has 0 heterocycles. The minimum absolute atomic E-state index is 0.0836. The summed E-state index contributed by atoms with van der Waals surface area (Å²) >= 11 is 0. The highest BCUT2D eigenvalue weighted by atomic mass is 32.2. The Morgan fingerprint density at radius 3 is 2.06 bits per heavy atom. The van der Waals surface area contributed by atoms with Gasteiger partial charge in [-0.15, -0.1) is 0 Å². The van der Waals surface area contributed by atoms with Crippen molar-refractivity contribution >= 4 is 38.8 Å². The van der Waals surface area contributed by atoms with Crippen LogP contribution < -0.4 is 10.6 Å². The number of allylic oxidation sites excluding steroid dienone is 2. The lowest BCUT2D eigenvalue weighted by Gasteiger charge is -2.19. The fourth-order valence-electron chi connectivity index (χ4n) is 3.70. The van der Waals surface area contributed by atoms with Crippen LogP contribution in [-0.4, -0.2) is 25.8 Å². The highest BCUT2D eigenvalue weighted by Crippen LogP contribution is 2.26. The Morgan fingerprint density at radius 1 is 0.857 bits per heavy atom. The lowest BCUT2D eigenvalue weighted by Crippen LogP contribution is -2.22. The predicted molar refractivity (Wildman–Crippen MR) is 137 cm³/mol. The summed E-state index contributed by atoms with van der Waals surface area (Å²) in [6.07, 6.45) is 1.45. The van der Waals surface area contributed by atoms with Gasteiger partial charge in [-0.2, -0.15) is 12.8 Å². The van der Waals surface area contributed by atoms with Gasteiger partial charge in [-0.3, -0.25) is 9.59 Å². The number of hydrogen-bond donors (Lipinski definition) is 2. The summed E-state index contributed by atoms with van der Waals surface area (Å²) in [6.45, 7) is 5.49. The Bertz CT molecular complexity index is 1450. The zero-order chi connectivity index (χ0) is 25.2. The Kier molecular flexibility index (Phi) is 6.66. The zero-order valence-corrected chi connectivity index (χ0v) is 20.4. The fourth-order valence-corrected chi connectivity index (χ4v) is 4.70. The topological polar surface area (TPSA) is 105 Å². The first-order valence-electron chi connectivity index (χ1n) is 11.1. The summed E-state index contributed by atoms with van der Waals surface area (Å²) in [6, 6.07) is 20.3. The van der Waals surface area contributed by atoms with Crippen molar-refractivity contribution in [3.05, 3.63) is 101 Å². The van der Waals surface area contributed by atoms with Crippen LogP contribution in [-0.2, 0) is 14.8 Å². The summed E-state index contributed by atoms with van der Waals surface area (Å²) in [4.78, 5) is 24.4. The van der Waals surface area contributed by atoms with Gasteiger partial charge in [0, 0.05) is 29.4 Å². The van der Waals surface area contributed by atoms with Crippen molar-refractivity contribution in [3.63, 3.8) is 0 Å². The van der Waals surface area contributed by atoms with Crippen molar-refractivity contribution in [2.45, 2.75) is 31.6 Å². The van der Waals surface area contributed by atoms with Crippen molar-refractivity contribution in [1.82, 2.24) is 0 Å². The second-order valence-electron chi connectivity index (χ2n) is 8.49. The van der Waals surface area contributed by atoms with E-state index in [-0.39, 0.29) is 33.9 Å². The number of amides is 1. The van der Waals surface area contributed by atoms with E-state index in [2.05, 4.69) is 15.0 Å². The second kappa shape index (κ2) is 9.68. The van der Waals surface area contributed by atoms with Crippen molar-refractivity contribution in [2.75, 3.05) is 10.6 Å². The molecule has 2 N–H and O–H groups in total. The summed E-state index contributed by atoms with van der Waals surface area (Å²) in [5, 5.41) is 5.73. The Hall–Kier alpha value is -4.04. The molecule has 0 saturated heterocycles. The summed E-state index contributed by atoms with van der Waals surface area (Å²) in [5.41, 5.74) is 3.42. The highest BCUT2D eigenvalue weighted by molar-refractivity contribution is 7.90. The Labute approximate surface area is 204 Å². The van der Waals surface area contributed by atoms with E-state index in [0.717, 1.165) is 5.56 Å². The number of benzene rings is 3. The first-order valence-corrected chi connectivity index (χ1v) is 12.5. The maximum absolute atomic E-state index is 13.1. The standard InChI is InChI=1S/C27H25N3O4S/c1-17(2)19-8-14-22(15-9-19)35(33,34)30-25-16-26(27(32)24-7-5-4-6-23(24)25)29-21-12-10-20(11-13-21)28-18(3)31/h4-17,29H,1-3H3,(H,28,31)/b30-25-. The second-order valence-corrected chi connectivity index (χ2v) is 10.1. The number of Topliss-reactive ketones (excluding diaryl/α,β-unsaturated/α-hetero) is 1. The van der Waals surface area contributed by atoms with Gasteiger partial charge in [0.25, 0.3) is 10.0 Å². The molecule has 3 aromatic rings. The van der Waals surface area contributed by atoms with E-state index in [1.165, 1.54) is 13.0 Å². The maximum atomic E-state index is 13.1. The molecule has 0 fully saturated rings.